The summed E-state index contributed by atoms with van der Waals surface area (Å²) in [5.41, 5.74) is 0.208. The average Bonchev–Trinajstić information content (AvgIpc) is 2.73. The van der Waals surface area contributed by atoms with Gasteiger partial charge >= 0.3 is 19.7 Å². The maximum atomic E-state index is 13.1. The number of hydrogen-bond donors (Lipinski definition) is 0. The number of allylic oxidation sites excluding steroid dienone is 3. The molecule has 0 aromatic carbocycles. The summed E-state index contributed by atoms with van der Waals surface area (Å²) in [4.78, 5) is 26.3. The highest BCUT2D eigenvalue weighted by atomic mass is 31.2. The number of carbonyl (C=O) groups excluding carboxylic acids is 2. The quantitative estimate of drug-likeness (QED) is 0.127. The van der Waals surface area contributed by atoms with Crippen LogP contribution in [0.15, 0.2) is 23.8 Å². The summed E-state index contributed by atoms with van der Waals surface area (Å²) in [5.74, 6) is -0.551. The molecule has 9 heteroatoms. The molecular formula is C25H46NO7P. The van der Waals surface area contributed by atoms with Crippen molar-refractivity contribution in [3.05, 3.63) is 23.8 Å². The van der Waals surface area contributed by atoms with Gasteiger partial charge in [-0.15, -0.1) is 0 Å². The van der Waals surface area contributed by atoms with Gasteiger partial charge in [0, 0.05) is 12.1 Å². The second-order valence-electron chi connectivity index (χ2n) is 8.45. The van der Waals surface area contributed by atoms with Crippen LogP contribution in [0, 0.1) is 0 Å². The summed E-state index contributed by atoms with van der Waals surface area (Å²) in [6.07, 6.45) is 8.07. The Morgan fingerprint density at radius 1 is 0.882 bits per heavy atom. The van der Waals surface area contributed by atoms with Gasteiger partial charge in [-0.2, -0.15) is 0 Å². The molecule has 0 bridgehead atoms. The Balaban J connectivity index is 4.71. The van der Waals surface area contributed by atoms with Crippen molar-refractivity contribution in [2.24, 2.45) is 0 Å². The topological polar surface area (TPSA) is 91.4 Å². The van der Waals surface area contributed by atoms with Crippen molar-refractivity contribution in [3.8, 4) is 0 Å². The van der Waals surface area contributed by atoms with E-state index in [2.05, 4.69) is 0 Å². The fraction of sp³-hybridized carbons (Fsp3) is 0.760. The van der Waals surface area contributed by atoms with E-state index in [-0.39, 0.29) is 44.6 Å². The van der Waals surface area contributed by atoms with Crippen LogP contribution < -0.4 is 0 Å². The van der Waals surface area contributed by atoms with Crippen molar-refractivity contribution in [2.75, 3.05) is 26.4 Å². The summed E-state index contributed by atoms with van der Waals surface area (Å²) < 4.78 is 34.3. The molecule has 34 heavy (non-hydrogen) atoms. The Labute approximate surface area is 206 Å². The summed E-state index contributed by atoms with van der Waals surface area (Å²) in [6, 6.07) is 0.173. The van der Waals surface area contributed by atoms with Crippen molar-refractivity contribution < 1.29 is 32.7 Å². The molecule has 0 saturated heterocycles. The van der Waals surface area contributed by atoms with E-state index in [4.69, 9.17) is 18.5 Å². The predicted octanol–water partition coefficient (Wildman–Crippen LogP) is 6.50. The highest BCUT2D eigenvalue weighted by Crippen LogP contribution is 2.55. The first-order valence-electron chi connectivity index (χ1n) is 12.3. The summed E-state index contributed by atoms with van der Waals surface area (Å²) in [7, 11) is -3.60. The van der Waals surface area contributed by atoms with Crippen molar-refractivity contribution in [2.45, 2.75) is 98.8 Å². The summed E-state index contributed by atoms with van der Waals surface area (Å²) in [6.45, 7) is 15.9. The van der Waals surface area contributed by atoms with E-state index in [1.54, 1.807) is 25.7 Å². The molecule has 0 aliphatic carbocycles. The minimum absolute atomic E-state index is 0.0867. The molecule has 8 nitrogen and oxygen atoms in total. The normalized spacial score (nSPS) is 13.5. The molecule has 0 aromatic rings. The summed E-state index contributed by atoms with van der Waals surface area (Å²) in [5, 5.41) is 0. The first-order valence-corrected chi connectivity index (χ1v) is 14.0. The second-order valence-corrected chi connectivity index (χ2v) is 10.7. The zero-order valence-electron chi connectivity index (χ0n) is 22.4. The van der Waals surface area contributed by atoms with Gasteiger partial charge in [0.15, 0.2) is 5.66 Å². The van der Waals surface area contributed by atoms with Gasteiger partial charge < -0.3 is 23.4 Å². The van der Waals surface area contributed by atoms with Crippen LogP contribution >= 0.6 is 7.60 Å². The zero-order valence-corrected chi connectivity index (χ0v) is 23.3. The smallest absolute Gasteiger partial charge is 0.410 e. The Bertz CT molecular complexity index is 685. The monoisotopic (exact) mass is 503 g/mol. The van der Waals surface area contributed by atoms with E-state index in [0.717, 1.165) is 18.4 Å². The second kappa shape index (κ2) is 17.8. The van der Waals surface area contributed by atoms with Crippen LogP contribution in [-0.4, -0.2) is 61.1 Å². The third-order valence-corrected chi connectivity index (χ3v) is 7.46. The molecule has 0 aromatic heterocycles. The highest BCUT2D eigenvalue weighted by molar-refractivity contribution is 7.55. The van der Waals surface area contributed by atoms with Crippen LogP contribution in [-0.2, 0) is 27.9 Å². The van der Waals surface area contributed by atoms with Crippen LogP contribution in [0.1, 0.15) is 81.1 Å². The molecule has 0 spiro atoms. The lowest BCUT2D eigenvalue weighted by Gasteiger charge is -2.29. The first-order chi connectivity index (χ1) is 16.0. The predicted molar refractivity (Wildman–Crippen MR) is 136 cm³/mol. The molecule has 0 aliphatic heterocycles. The van der Waals surface area contributed by atoms with E-state index in [1.165, 1.54) is 0 Å². The number of carbonyl (C=O) groups is 2. The maximum absolute atomic E-state index is 13.1. The van der Waals surface area contributed by atoms with Crippen molar-refractivity contribution >= 4 is 19.7 Å². The molecule has 0 aliphatic rings. The van der Waals surface area contributed by atoms with Gasteiger partial charge in [0.2, 0.25) is 0 Å². The fourth-order valence-electron chi connectivity index (χ4n) is 3.52. The Hall–Kier alpha value is -1.63. The maximum Gasteiger partial charge on any atom is 0.410 e. The third-order valence-electron chi connectivity index (χ3n) is 4.99. The Kier molecular flexibility index (Phi) is 16.9. The molecular weight excluding hydrogens is 457 g/mol. The zero-order chi connectivity index (χ0) is 26.1. The lowest BCUT2D eigenvalue weighted by atomic mass is 10.1. The average molecular weight is 504 g/mol. The van der Waals surface area contributed by atoms with Crippen LogP contribution in [0.4, 0.5) is 4.79 Å². The standard InChI is InChI=1S/C25H46NO7P/c1-9-30-24(27)23(34(29,32-10-2)33-11-3)18-15-17-22(8)16-13-12-14-19-31-25(28)26(20(4)5)21(6)7/h12,14,17,20-21,23H,9-11,13,15-16,18-19H2,1-8H3. The molecule has 198 valence electrons. The third kappa shape index (κ3) is 12.2. The number of ether oxygens (including phenoxy) is 2. The molecule has 0 fully saturated rings. The molecule has 0 saturated carbocycles. The van der Waals surface area contributed by atoms with Gasteiger partial charge in [-0.25, -0.2) is 4.79 Å². The molecule has 0 N–H and O–H groups in total. The van der Waals surface area contributed by atoms with Gasteiger partial charge in [0.1, 0.15) is 6.61 Å². The van der Waals surface area contributed by atoms with Crippen molar-refractivity contribution in [1.29, 1.82) is 0 Å². The van der Waals surface area contributed by atoms with Gasteiger partial charge in [0.05, 0.1) is 19.8 Å². The van der Waals surface area contributed by atoms with E-state index in [0.29, 0.717) is 12.8 Å². The molecule has 1 amide bonds. The fourth-order valence-corrected chi connectivity index (χ4v) is 5.47. The van der Waals surface area contributed by atoms with E-state index in [1.807, 2.05) is 52.8 Å². The molecule has 0 radical (unpaired) electrons. The van der Waals surface area contributed by atoms with Gasteiger partial charge in [-0.05, 0) is 81.1 Å². The summed E-state index contributed by atoms with van der Waals surface area (Å²) >= 11 is 0. The van der Waals surface area contributed by atoms with E-state index in [9.17, 15) is 14.2 Å². The molecule has 0 heterocycles. The van der Waals surface area contributed by atoms with Gasteiger partial charge in [-0.3, -0.25) is 9.36 Å². The van der Waals surface area contributed by atoms with Crippen molar-refractivity contribution in [3.63, 3.8) is 0 Å². The lowest BCUT2D eigenvalue weighted by Crippen LogP contribution is -2.42. The van der Waals surface area contributed by atoms with Crippen LogP contribution in [0.5, 0.6) is 0 Å². The lowest BCUT2D eigenvalue weighted by molar-refractivity contribution is -0.143. The largest absolute Gasteiger partial charge is 0.465 e. The van der Waals surface area contributed by atoms with E-state index < -0.39 is 19.2 Å². The number of esters is 1. The van der Waals surface area contributed by atoms with Crippen LogP contribution in [0.2, 0.25) is 0 Å². The van der Waals surface area contributed by atoms with E-state index >= 15 is 0 Å². The van der Waals surface area contributed by atoms with Crippen LogP contribution in [0.3, 0.4) is 0 Å². The van der Waals surface area contributed by atoms with Crippen molar-refractivity contribution in [1.82, 2.24) is 4.90 Å². The van der Waals surface area contributed by atoms with Gasteiger partial charge in [0.25, 0.3) is 0 Å². The minimum atomic E-state index is -3.60. The number of nitrogens with zero attached hydrogens (tertiary/aromatic N) is 1. The SMILES string of the molecule is CCOC(=O)C(CCC=C(C)CCC=CCOC(=O)N(C(C)C)C(C)C)P(=O)(OCC)OCC. The number of amides is 1. The van der Waals surface area contributed by atoms with Gasteiger partial charge in [-0.1, -0.05) is 23.8 Å². The molecule has 1 unspecified atom stereocenters. The minimum Gasteiger partial charge on any atom is -0.465 e. The first kappa shape index (κ1) is 32.4. The Morgan fingerprint density at radius 2 is 1.47 bits per heavy atom. The highest BCUT2D eigenvalue weighted by Gasteiger charge is 2.41. The number of hydrogen-bond acceptors (Lipinski definition) is 7. The molecule has 1 atom stereocenters. The number of rotatable bonds is 17. The molecule has 0 rings (SSSR count). The van der Waals surface area contributed by atoms with Crippen LogP contribution in [0.25, 0.3) is 0 Å². The Morgan fingerprint density at radius 3 is 1.97 bits per heavy atom.